The third-order valence-corrected chi connectivity index (χ3v) is 5.91. The van der Waals surface area contributed by atoms with E-state index in [0.717, 1.165) is 37.7 Å². The summed E-state index contributed by atoms with van der Waals surface area (Å²) < 4.78 is 27.6. The number of hydrogen-bond acceptors (Lipinski definition) is 7. The van der Waals surface area contributed by atoms with Crippen LogP contribution in [0.25, 0.3) is 11.5 Å². The van der Waals surface area contributed by atoms with Crippen LogP contribution in [0, 0.1) is 17.2 Å². The number of halogens is 2. The molecule has 0 saturated heterocycles. The van der Waals surface area contributed by atoms with Gasteiger partial charge in [0.15, 0.2) is 5.82 Å². The molecule has 0 spiro atoms. The van der Waals surface area contributed by atoms with Gasteiger partial charge >= 0.3 is 0 Å². The Morgan fingerprint density at radius 2 is 1.91 bits per heavy atom. The summed E-state index contributed by atoms with van der Waals surface area (Å²) in [6.45, 7) is 1.61. The van der Waals surface area contributed by atoms with Gasteiger partial charge in [-0.3, -0.25) is 4.98 Å². The second kappa shape index (κ2) is 8.03. The molecule has 2 aliphatic carbocycles. The second-order valence-electron chi connectivity index (χ2n) is 8.83. The largest absolute Gasteiger partial charge is 0.370 e. The van der Waals surface area contributed by atoms with E-state index in [1.165, 1.54) is 25.0 Å². The Hall–Kier alpha value is -3.67. The SMILES string of the molecule is CC(F)(F)c1cccc(-c2nc(NCC3CC3)cc(Nc3ccnc(C4(C#N)CC4)c3)n2)n1. The highest BCUT2D eigenvalue weighted by molar-refractivity contribution is 5.64. The lowest BCUT2D eigenvalue weighted by Crippen LogP contribution is -2.11. The topological polar surface area (TPSA) is 99.4 Å². The van der Waals surface area contributed by atoms with Crippen molar-refractivity contribution < 1.29 is 8.78 Å². The highest BCUT2D eigenvalue weighted by Gasteiger charge is 2.46. The number of nitriles is 1. The predicted octanol–water partition coefficient (Wildman–Crippen LogP) is 5.17. The minimum Gasteiger partial charge on any atom is -0.370 e. The zero-order valence-electron chi connectivity index (χ0n) is 18.1. The van der Waals surface area contributed by atoms with Crippen LogP contribution in [0.1, 0.15) is 44.0 Å². The molecule has 2 N–H and O–H groups in total. The van der Waals surface area contributed by atoms with Gasteiger partial charge in [0.1, 0.15) is 23.0 Å². The molecule has 9 heteroatoms. The lowest BCUT2D eigenvalue weighted by Gasteiger charge is -2.14. The molecule has 0 unspecified atom stereocenters. The predicted molar refractivity (Wildman–Crippen MR) is 120 cm³/mol. The van der Waals surface area contributed by atoms with Crippen LogP contribution in [0.2, 0.25) is 0 Å². The molecule has 0 radical (unpaired) electrons. The fraction of sp³-hybridized carbons (Fsp3) is 0.375. The summed E-state index contributed by atoms with van der Waals surface area (Å²) in [4.78, 5) is 17.5. The van der Waals surface area contributed by atoms with Crippen molar-refractivity contribution in [3.63, 3.8) is 0 Å². The molecule has 33 heavy (non-hydrogen) atoms. The summed E-state index contributed by atoms with van der Waals surface area (Å²) >= 11 is 0. The lowest BCUT2D eigenvalue weighted by atomic mass is 10.0. The van der Waals surface area contributed by atoms with E-state index in [9.17, 15) is 14.0 Å². The van der Waals surface area contributed by atoms with Crippen molar-refractivity contribution in [2.45, 2.75) is 43.9 Å². The summed E-state index contributed by atoms with van der Waals surface area (Å²) in [5.74, 6) is -1.10. The van der Waals surface area contributed by atoms with Gasteiger partial charge < -0.3 is 10.6 Å². The van der Waals surface area contributed by atoms with Crippen molar-refractivity contribution in [3.05, 3.63) is 54.0 Å². The molecule has 2 saturated carbocycles. The molecule has 0 amide bonds. The molecule has 0 aromatic carbocycles. The molecule has 3 heterocycles. The maximum Gasteiger partial charge on any atom is 0.286 e. The first-order valence-corrected chi connectivity index (χ1v) is 11.0. The first-order chi connectivity index (χ1) is 15.8. The molecule has 0 aliphatic heterocycles. The number of anilines is 3. The lowest BCUT2D eigenvalue weighted by molar-refractivity contribution is 0.0129. The van der Waals surface area contributed by atoms with E-state index in [2.05, 4.69) is 36.6 Å². The molecule has 2 fully saturated rings. The summed E-state index contributed by atoms with van der Waals surface area (Å²) in [7, 11) is 0. The third kappa shape index (κ3) is 4.75. The van der Waals surface area contributed by atoms with Gasteiger partial charge in [0.2, 0.25) is 0 Å². The van der Waals surface area contributed by atoms with Crippen molar-refractivity contribution in [3.8, 4) is 17.6 Å². The van der Waals surface area contributed by atoms with Crippen LogP contribution in [0.15, 0.2) is 42.6 Å². The van der Waals surface area contributed by atoms with E-state index in [0.29, 0.717) is 17.6 Å². The molecule has 5 rings (SSSR count). The Labute approximate surface area is 190 Å². The number of hydrogen-bond donors (Lipinski definition) is 2. The van der Waals surface area contributed by atoms with Crippen molar-refractivity contribution in [2.75, 3.05) is 17.2 Å². The Balaban J connectivity index is 1.48. The van der Waals surface area contributed by atoms with Crippen LogP contribution in [0.5, 0.6) is 0 Å². The maximum absolute atomic E-state index is 13.8. The molecule has 7 nitrogen and oxygen atoms in total. The van der Waals surface area contributed by atoms with Crippen LogP contribution in [0.3, 0.4) is 0 Å². The highest BCUT2D eigenvalue weighted by atomic mass is 19.3. The van der Waals surface area contributed by atoms with Crippen molar-refractivity contribution >= 4 is 17.3 Å². The standard InChI is InChI=1S/C24H23F2N7/c1-23(25,26)18-4-2-3-17(31-18)22-32-20(29-13-15-5-6-15)12-21(33-22)30-16-7-10-28-19(11-16)24(14-27)8-9-24/h2-4,7,10-12,15H,5-6,8-9,13H2,1H3,(H2,28,29,30,32,33). The minimum atomic E-state index is -3.06. The average Bonchev–Trinajstić information content (AvgIpc) is 3.73. The summed E-state index contributed by atoms with van der Waals surface area (Å²) in [5, 5.41) is 16.0. The number of alkyl halides is 2. The first kappa shape index (κ1) is 21.2. The Bertz CT molecular complexity index is 1220. The minimum absolute atomic E-state index is 0.245. The fourth-order valence-corrected chi connectivity index (χ4v) is 3.56. The van der Waals surface area contributed by atoms with Crippen LogP contribution >= 0.6 is 0 Å². The number of rotatable bonds is 8. The van der Waals surface area contributed by atoms with Gasteiger partial charge in [-0.15, -0.1) is 0 Å². The number of nitrogens with zero attached hydrogens (tertiary/aromatic N) is 5. The zero-order valence-corrected chi connectivity index (χ0v) is 18.1. The van der Waals surface area contributed by atoms with Gasteiger partial charge in [-0.05, 0) is 55.9 Å². The molecule has 168 valence electrons. The van der Waals surface area contributed by atoms with Crippen LogP contribution in [0.4, 0.5) is 26.1 Å². The normalized spacial score (nSPS) is 16.7. The third-order valence-electron chi connectivity index (χ3n) is 5.91. The average molecular weight is 447 g/mol. The number of pyridine rings is 2. The van der Waals surface area contributed by atoms with Crippen molar-refractivity contribution in [1.82, 2.24) is 19.9 Å². The Morgan fingerprint density at radius 1 is 1.12 bits per heavy atom. The van der Waals surface area contributed by atoms with E-state index in [-0.39, 0.29) is 17.2 Å². The van der Waals surface area contributed by atoms with E-state index >= 15 is 0 Å². The summed E-state index contributed by atoms with van der Waals surface area (Å²) in [5.41, 5.74) is 0.904. The van der Waals surface area contributed by atoms with Crippen molar-refractivity contribution in [1.29, 1.82) is 5.26 Å². The Morgan fingerprint density at radius 3 is 2.61 bits per heavy atom. The quantitative estimate of drug-likeness (QED) is 0.492. The molecule has 3 aromatic rings. The van der Waals surface area contributed by atoms with E-state index in [1.807, 2.05) is 6.07 Å². The first-order valence-electron chi connectivity index (χ1n) is 11.0. The van der Waals surface area contributed by atoms with Gasteiger partial charge in [0.25, 0.3) is 5.92 Å². The Kier molecular flexibility index (Phi) is 5.16. The molecule has 0 bridgehead atoms. The summed E-state index contributed by atoms with van der Waals surface area (Å²) in [6, 6.07) is 12.2. The van der Waals surface area contributed by atoms with Crippen LogP contribution in [-0.2, 0) is 11.3 Å². The van der Waals surface area contributed by atoms with Gasteiger partial charge in [-0.2, -0.15) is 14.0 Å². The van der Waals surface area contributed by atoms with Crippen molar-refractivity contribution in [2.24, 2.45) is 5.92 Å². The number of nitrogens with one attached hydrogen (secondary N) is 2. The van der Waals surface area contributed by atoms with E-state index in [4.69, 9.17) is 0 Å². The summed E-state index contributed by atoms with van der Waals surface area (Å²) in [6.07, 6.45) is 5.64. The van der Waals surface area contributed by atoms with Gasteiger partial charge in [-0.1, -0.05) is 6.07 Å². The van der Waals surface area contributed by atoms with Gasteiger partial charge in [0, 0.05) is 31.4 Å². The molecule has 0 atom stereocenters. The smallest absolute Gasteiger partial charge is 0.286 e. The van der Waals surface area contributed by atoms with E-state index in [1.54, 1.807) is 24.4 Å². The molecular weight excluding hydrogens is 424 g/mol. The van der Waals surface area contributed by atoms with Gasteiger partial charge in [0.05, 0.1) is 17.2 Å². The van der Waals surface area contributed by atoms with Crippen LogP contribution < -0.4 is 10.6 Å². The highest BCUT2D eigenvalue weighted by Crippen LogP contribution is 2.47. The number of aromatic nitrogens is 4. The second-order valence-corrected chi connectivity index (χ2v) is 8.83. The monoisotopic (exact) mass is 447 g/mol. The van der Waals surface area contributed by atoms with Crippen LogP contribution in [-0.4, -0.2) is 26.5 Å². The fourth-order valence-electron chi connectivity index (χ4n) is 3.56. The van der Waals surface area contributed by atoms with Gasteiger partial charge in [-0.25, -0.2) is 15.0 Å². The zero-order chi connectivity index (χ0) is 23.1. The van der Waals surface area contributed by atoms with E-state index < -0.39 is 11.3 Å². The molecule has 2 aliphatic rings. The maximum atomic E-state index is 13.8. The molecule has 3 aromatic heterocycles. The molecular formula is C24H23F2N7.